The molecule has 0 bridgehead atoms. The van der Waals surface area contributed by atoms with Gasteiger partial charge in [-0.05, 0) is 116 Å². The van der Waals surface area contributed by atoms with Crippen LogP contribution in [-0.2, 0) is 9.59 Å². The third kappa shape index (κ3) is 3.48. The summed E-state index contributed by atoms with van der Waals surface area (Å²) in [7, 11) is 0. The molecule has 4 fully saturated rings. The minimum atomic E-state index is -0.726. The Morgan fingerprint density at radius 2 is 1.36 bits per heavy atom. The van der Waals surface area contributed by atoms with E-state index in [2.05, 4.69) is 48.5 Å². The van der Waals surface area contributed by atoms with Gasteiger partial charge >= 0.3 is 5.97 Å². The lowest BCUT2D eigenvalue weighted by Crippen LogP contribution is -2.67. The van der Waals surface area contributed by atoms with Crippen LogP contribution in [0.25, 0.3) is 0 Å². The fraction of sp³-hybridized carbons (Fsp3) is 0.933. The van der Waals surface area contributed by atoms with Gasteiger partial charge in [0.1, 0.15) is 5.78 Å². The van der Waals surface area contributed by atoms with Gasteiger partial charge < -0.3 is 5.11 Å². The van der Waals surface area contributed by atoms with Crippen molar-refractivity contribution in [2.45, 2.75) is 126 Å². The lowest BCUT2D eigenvalue weighted by molar-refractivity contribution is -0.249. The largest absolute Gasteiger partial charge is 0.481 e. The second-order valence-corrected chi connectivity index (χ2v) is 15.0. The number of hydrogen-bond acceptors (Lipinski definition) is 2. The lowest BCUT2D eigenvalue weighted by atomic mass is 9.31. The summed E-state index contributed by atoms with van der Waals surface area (Å²) in [5.74, 6) is 1.03. The number of aliphatic carboxylic acids is 1. The molecule has 4 aliphatic rings. The van der Waals surface area contributed by atoms with Crippen LogP contribution in [0.1, 0.15) is 126 Å². The van der Waals surface area contributed by atoms with Gasteiger partial charge in [-0.15, -0.1) is 0 Å². The van der Waals surface area contributed by atoms with Crippen molar-refractivity contribution < 1.29 is 14.7 Å². The average molecular weight is 459 g/mol. The first-order valence-electron chi connectivity index (χ1n) is 13.8. The van der Waals surface area contributed by atoms with Crippen LogP contribution in [0.4, 0.5) is 0 Å². The number of carboxylic acid groups (broad SMARTS) is 1. The van der Waals surface area contributed by atoms with E-state index in [4.69, 9.17) is 0 Å². The van der Waals surface area contributed by atoms with E-state index in [1.54, 1.807) is 6.92 Å². The molecule has 0 aromatic heterocycles. The molecule has 0 aromatic rings. The number of carbonyl (C=O) groups is 2. The van der Waals surface area contributed by atoms with Gasteiger partial charge in [-0.2, -0.15) is 0 Å². The molecular formula is C30H50O3. The van der Waals surface area contributed by atoms with E-state index in [0.29, 0.717) is 28.6 Å². The van der Waals surface area contributed by atoms with E-state index in [9.17, 15) is 14.7 Å². The summed E-state index contributed by atoms with van der Waals surface area (Å²) >= 11 is 0. The molecule has 8 atom stereocenters. The third-order valence-electron chi connectivity index (χ3n) is 13.0. The first kappa shape index (κ1) is 25.2. The van der Waals surface area contributed by atoms with E-state index < -0.39 is 5.97 Å². The number of carboxylic acids is 1. The molecule has 3 heteroatoms. The van der Waals surface area contributed by atoms with E-state index in [-0.39, 0.29) is 34.4 Å². The summed E-state index contributed by atoms with van der Waals surface area (Å²) < 4.78 is 0. The van der Waals surface area contributed by atoms with Crippen LogP contribution in [0.3, 0.4) is 0 Å². The number of rotatable bonds is 4. The van der Waals surface area contributed by atoms with Gasteiger partial charge in [-0.3, -0.25) is 9.59 Å². The smallest absolute Gasteiger partial charge is 0.303 e. The molecule has 0 heterocycles. The zero-order valence-electron chi connectivity index (χ0n) is 22.8. The quantitative estimate of drug-likeness (QED) is 0.465. The van der Waals surface area contributed by atoms with Crippen LogP contribution >= 0.6 is 0 Å². The van der Waals surface area contributed by atoms with E-state index in [1.165, 1.54) is 38.5 Å². The molecule has 4 rings (SSSR count). The van der Waals surface area contributed by atoms with Crippen LogP contribution < -0.4 is 0 Å². The number of ketones is 1. The fourth-order valence-corrected chi connectivity index (χ4v) is 10.4. The van der Waals surface area contributed by atoms with Gasteiger partial charge in [0.15, 0.2) is 0 Å². The molecule has 4 aliphatic carbocycles. The Labute approximate surface area is 202 Å². The van der Waals surface area contributed by atoms with E-state index >= 15 is 0 Å². The maximum Gasteiger partial charge on any atom is 0.303 e. The molecule has 33 heavy (non-hydrogen) atoms. The van der Waals surface area contributed by atoms with Crippen molar-refractivity contribution in [1.82, 2.24) is 0 Å². The van der Waals surface area contributed by atoms with Crippen molar-refractivity contribution in [2.24, 2.45) is 50.2 Å². The summed E-state index contributed by atoms with van der Waals surface area (Å²) in [6.45, 7) is 19.2. The Morgan fingerprint density at radius 3 is 1.97 bits per heavy atom. The average Bonchev–Trinajstić information content (AvgIpc) is 2.70. The number of fused-ring (bicyclic) bond motifs is 5. The molecule has 0 aliphatic heterocycles. The van der Waals surface area contributed by atoms with E-state index in [1.807, 2.05) is 0 Å². The highest BCUT2D eigenvalue weighted by Gasteiger charge is 2.70. The van der Waals surface area contributed by atoms with Gasteiger partial charge in [-0.1, -0.05) is 48.5 Å². The molecule has 0 aromatic carbocycles. The van der Waals surface area contributed by atoms with Crippen LogP contribution in [0.15, 0.2) is 0 Å². The number of Topliss-reactive ketones (excluding diaryl/α,β-unsaturated/α-hetero) is 1. The molecule has 0 spiro atoms. The van der Waals surface area contributed by atoms with Crippen molar-refractivity contribution in [3.63, 3.8) is 0 Å². The highest BCUT2D eigenvalue weighted by atomic mass is 16.4. The van der Waals surface area contributed by atoms with Crippen molar-refractivity contribution >= 4 is 11.8 Å². The monoisotopic (exact) mass is 458 g/mol. The molecule has 0 unspecified atom stereocenters. The maximum absolute atomic E-state index is 13.0. The highest BCUT2D eigenvalue weighted by molar-refractivity contribution is 5.82. The Bertz CT molecular complexity index is 830. The minimum Gasteiger partial charge on any atom is -0.481 e. The van der Waals surface area contributed by atoms with Crippen molar-refractivity contribution in [1.29, 1.82) is 0 Å². The Morgan fingerprint density at radius 1 is 0.788 bits per heavy atom. The molecule has 188 valence electrons. The molecule has 0 amide bonds. The molecule has 3 nitrogen and oxygen atoms in total. The lowest BCUT2D eigenvalue weighted by Gasteiger charge is -2.74. The van der Waals surface area contributed by atoms with Gasteiger partial charge in [0, 0.05) is 11.8 Å². The fourth-order valence-electron chi connectivity index (χ4n) is 10.4. The van der Waals surface area contributed by atoms with Crippen LogP contribution in [0.5, 0.6) is 0 Å². The zero-order chi connectivity index (χ0) is 24.7. The Balaban J connectivity index is 1.76. The molecular weight excluding hydrogens is 408 g/mol. The topological polar surface area (TPSA) is 54.4 Å². The van der Waals surface area contributed by atoms with Gasteiger partial charge in [0.05, 0.1) is 0 Å². The predicted octanol–water partition coefficient (Wildman–Crippen LogP) is 7.91. The zero-order valence-corrected chi connectivity index (χ0v) is 22.8. The second kappa shape index (κ2) is 7.57. The Hall–Kier alpha value is -0.860. The predicted molar refractivity (Wildman–Crippen MR) is 134 cm³/mol. The molecule has 0 radical (unpaired) electrons. The van der Waals surface area contributed by atoms with Gasteiger partial charge in [0.25, 0.3) is 0 Å². The summed E-state index contributed by atoms with van der Waals surface area (Å²) in [4.78, 5) is 24.6. The summed E-state index contributed by atoms with van der Waals surface area (Å²) in [5, 5.41) is 9.53. The molecule has 4 saturated carbocycles. The summed E-state index contributed by atoms with van der Waals surface area (Å²) in [6.07, 6.45) is 11.9. The SMILES string of the molecule is CC(=O)[C@]1(C)CC[C@@H]2[C@](C)(CC[C@@]3(C)[C@H]4CC(C)(C)CC[C@]4(C)CC[C@]23C)[C@@H]1CCC(=O)O. The van der Waals surface area contributed by atoms with E-state index in [0.717, 1.165) is 25.2 Å². The number of carbonyl (C=O) groups excluding carboxylic acids is 1. The van der Waals surface area contributed by atoms with Crippen molar-refractivity contribution in [2.75, 3.05) is 0 Å². The molecule has 0 saturated heterocycles. The first-order valence-corrected chi connectivity index (χ1v) is 13.8. The number of hydrogen-bond donors (Lipinski definition) is 1. The third-order valence-corrected chi connectivity index (χ3v) is 13.0. The Kier molecular flexibility index (Phi) is 5.79. The second-order valence-electron chi connectivity index (χ2n) is 15.0. The van der Waals surface area contributed by atoms with Crippen LogP contribution in [-0.4, -0.2) is 16.9 Å². The maximum atomic E-state index is 13.0. The normalized spacial score (nSPS) is 51.1. The minimum absolute atomic E-state index is 0.0420. The highest BCUT2D eigenvalue weighted by Crippen LogP contribution is 2.77. The summed E-state index contributed by atoms with van der Waals surface area (Å²) in [6, 6.07) is 0. The van der Waals surface area contributed by atoms with Crippen molar-refractivity contribution in [3.8, 4) is 0 Å². The van der Waals surface area contributed by atoms with Gasteiger partial charge in [-0.25, -0.2) is 0 Å². The van der Waals surface area contributed by atoms with Crippen LogP contribution in [0, 0.1) is 50.2 Å². The van der Waals surface area contributed by atoms with Crippen molar-refractivity contribution in [3.05, 3.63) is 0 Å². The van der Waals surface area contributed by atoms with Crippen LogP contribution in [0.2, 0.25) is 0 Å². The first-order chi connectivity index (χ1) is 15.0. The molecule has 1 N–H and O–H groups in total. The van der Waals surface area contributed by atoms with Gasteiger partial charge in [0.2, 0.25) is 0 Å². The standard InChI is InChI=1S/C30H50O3/c1-20(31)27(5)12-11-22-28(6,21(27)9-10-24(32)33)16-18-30(8)23-19-25(2,3)13-14-26(23,4)15-17-29(22,30)7/h21-23H,9-19H2,1-8H3,(H,32,33)/t21-,22-,23+,26-,27+,28-,29-,30+/m1/s1. The summed E-state index contributed by atoms with van der Waals surface area (Å²) in [5.41, 5.74) is 1.13.